The van der Waals surface area contributed by atoms with Gasteiger partial charge in [0.25, 0.3) is 0 Å². The summed E-state index contributed by atoms with van der Waals surface area (Å²) < 4.78 is 8.51. The van der Waals surface area contributed by atoms with Gasteiger partial charge in [-0.15, -0.1) is 0 Å². The molecule has 4 aromatic carbocycles. The summed E-state index contributed by atoms with van der Waals surface area (Å²) in [5, 5.41) is 0. The topological polar surface area (TPSA) is 21.6 Å². The number of para-hydroxylation sites is 1. The average molecular weight is 482 g/mol. The molecule has 32 heavy (non-hydrogen) atoms. The zero-order valence-corrected chi connectivity index (χ0v) is 19.7. The molecular formula is C29H25NOSe. The molecule has 0 spiro atoms. The van der Waals surface area contributed by atoms with Crippen LogP contribution in [0.15, 0.2) is 120 Å². The predicted molar refractivity (Wildman–Crippen MR) is 137 cm³/mol. The van der Waals surface area contributed by atoms with Gasteiger partial charge in [-0.3, -0.25) is 0 Å². The van der Waals surface area contributed by atoms with Crippen molar-refractivity contribution in [2.24, 2.45) is 4.99 Å². The molecule has 0 atom stereocenters. The van der Waals surface area contributed by atoms with Crippen LogP contribution in [0.4, 0.5) is 5.69 Å². The summed E-state index contributed by atoms with van der Waals surface area (Å²) in [6.45, 7) is 2.59. The Morgan fingerprint density at radius 1 is 0.781 bits per heavy atom. The minimum absolute atomic E-state index is 0.0471. The van der Waals surface area contributed by atoms with Crippen molar-refractivity contribution < 1.29 is 4.74 Å². The van der Waals surface area contributed by atoms with Crippen LogP contribution >= 0.6 is 0 Å². The molecule has 2 nitrogen and oxygen atoms in total. The number of aliphatic imine (C=N–C) groups is 1. The summed E-state index contributed by atoms with van der Waals surface area (Å²) in [6.07, 6.45) is 4.13. The summed E-state index contributed by atoms with van der Waals surface area (Å²) in [4.78, 5) is 5.05. The second-order valence-corrected chi connectivity index (χ2v) is 9.52. The van der Waals surface area contributed by atoms with Crippen LogP contribution in [0.2, 0.25) is 0 Å². The van der Waals surface area contributed by atoms with E-state index in [-0.39, 0.29) is 15.0 Å². The summed E-state index contributed by atoms with van der Waals surface area (Å²) in [5.41, 5.74) is 4.40. The van der Waals surface area contributed by atoms with E-state index in [0.29, 0.717) is 6.61 Å². The summed E-state index contributed by atoms with van der Waals surface area (Å²) >= 11 is 0.0471. The molecule has 0 radical (unpaired) electrons. The van der Waals surface area contributed by atoms with E-state index in [1.54, 1.807) is 0 Å². The molecule has 0 aliphatic carbocycles. The van der Waals surface area contributed by atoms with E-state index < -0.39 is 0 Å². The third-order valence-electron chi connectivity index (χ3n) is 4.78. The Balaban J connectivity index is 1.60. The Morgan fingerprint density at radius 2 is 1.44 bits per heavy atom. The van der Waals surface area contributed by atoms with Gasteiger partial charge in [0.05, 0.1) is 0 Å². The first-order chi connectivity index (χ1) is 15.8. The zero-order valence-electron chi connectivity index (χ0n) is 18.0. The van der Waals surface area contributed by atoms with Crippen molar-refractivity contribution in [2.45, 2.75) is 6.92 Å². The molecule has 0 saturated heterocycles. The number of benzene rings is 4. The SMILES string of the molecule is Cc1ccc(N=C([Se]c2ccccc2)c2ccccc2OC/C=C/c2ccccc2)cc1. The number of ether oxygens (including phenoxy) is 1. The third-order valence-corrected chi connectivity index (χ3v) is 6.91. The molecule has 0 aliphatic heterocycles. The maximum absolute atomic E-state index is 6.18. The van der Waals surface area contributed by atoms with Gasteiger partial charge in [-0.2, -0.15) is 0 Å². The van der Waals surface area contributed by atoms with Crippen LogP contribution in [0, 0.1) is 6.92 Å². The number of hydrogen-bond donors (Lipinski definition) is 0. The molecule has 0 N–H and O–H groups in total. The fourth-order valence-electron chi connectivity index (χ4n) is 3.13. The Kier molecular flexibility index (Phi) is 7.70. The van der Waals surface area contributed by atoms with E-state index in [9.17, 15) is 0 Å². The Bertz CT molecular complexity index is 1180. The van der Waals surface area contributed by atoms with E-state index in [0.717, 1.165) is 21.6 Å². The van der Waals surface area contributed by atoms with Gasteiger partial charge in [0.1, 0.15) is 0 Å². The number of rotatable bonds is 8. The Labute approximate surface area is 196 Å². The fourth-order valence-corrected chi connectivity index (χ4v) is 5.12. The van der Waals surface area contributed by atoms with Crippen LogP contribution in [0.5, 0.6) is 5.75 Å². The van der Waals surface area contributed by atoms with E-state index >= 15 is 0 Å². The molecule has 0 unspecified atom stereocenters. The van der Waals surface area contributed by atoms with Crippen molar-refractivity contribution in [3.05, 3.63) is 132 Å². The summed E-state index contributed by atoms with van der Waals surface area (Å²) in [5.74, 6) is 0.855. The minimum atomic E-state index is 0.0471. The Morgan fingerprint density at radius 3 is 2.19 bits per heavy atom. The summed E-state index contributed by atoms with van der Waals surface area (Å²) in [7, 11) is 0. The third kappa shape index (κ3) is 6.31. The number of nitrogens with zero attached hydrogens (tertiary/aromatic N) is 1. The van der Waals surface area contributed by atoms with Crippen LogP contribution in [-0.4, -0.2) is 26.2 Å². The molecule has 0 heterocycles. The summed E-state index contributed by atoms with van der Waals surface area (Å²) in [6, 6.07) is 37.3. The molecule has 158 valence electrons. The molecule has 0 saturated carbocycles. The normalized spacial score (nSPS) is 11.6. The first-order valence-corrected chi connectivity index (χ1v) is 12.3. The van der Waals surface area contributed by atoms with Crippen LogP contribution in [0.3, 0.4) is 0 Å². The monoisotopic (exact) mass is 483 g/mol. The van der Waals surface area contributed by atoms with Gasteiger partial charge in [-0.05, 0) is 0 Å². The molecule has 0 bridgehead atoms. The molecule has 4 rings (SSSR count). The van der Waals surface area contributed by atoms with Crippen molar-refractivity contribution in [1.82, 2.24) is 0 Å². The van der Waals surface area contributed by atoms with Crippen molar-refractivity contribution in [3.8, 4) is 5.75 Å². The standard InChI is InChI=1S/C29H25NOSe/c1-23-18-20-25(21-19-23)30-29(32-26-14-6-3-7-15-26)27-16-8-9-17-28(27)31-22-10-13-24-11-4-2-5-12-24/h2-21H,22H2,1H3/b13-10+,30-29?. The molecule has 0 fully saturated rings. The fraction of sp³-hybridized carbons (Fsp3) is 0.0690. The molecule has 0 aromatic heterocycles. The van der Waals surface area contributed by atoms with Crippen LogP contribution in [0.1, 0.15) is 16.7 Å². The van der Waals surface area contributed by atoms with E-state index in [4.69, 9.17) is 9.73 Å². The van der Waals surface area contributed by atoms with Crippen LogP contribution in [-0.2, 0) is 0 Å². The molecule has 4 aromatic rings. The molecule has 0 amide bonds. The van der Waals surface area contributed by atoms with E-state index in [1.807, 2.05) is 48.5 Å². The van der Waals surface area contributed by atoms with Gasteiger partial charge in [-0.25, -0.2) is 0 Å². The van der Waals surface area contributed by atoms with Crippen LogP contribution in [0.25, 0.3) is 6.08 Å². The average Bonchev–Trinajstić information content (AvgIpc) is 2.84. The number of aryl methyl sites for hydroxylation is 1. The van der Waals surface area contributed by atoms with Crippen LogP contribution < -0.4 is 9.20 Å². The van der Waals surface area contributed by atoms with E-state index in [1.165, 1.54) is 15.6 Å². The second-order valence-electron chi connectivity index (χ2n) is 7.29. The van der Waals surface area contributed by atoms with Gasteiger partial charge in [-0.1, -0.05) is 0 Å². The van der Waals surface area contributed by atoms with Gasteiger partial charge in [0.2, 0.25) is 0 Å². The van der Waals surface area contributed by atoms with Gasteiger partial charge in [0, 0.05) is 0 Å². The van der Waals surface area contributed by atoms with Gasteiger partial charge >= 0.3 is 197 Å². The van der Waals surface area contributed by atoms with Gasteiger partial charge in [0.15, 0.2) is 0 Å². The van der Waals surface area contributed by atoms with Crippen molar-refractivity contribution in [1.29, 1.82) is 0 Å². The molecular weight excluding hydrogens is 457 g/mol. The first-order valence-electron chi connectivity index (χ1n) is 10.6. The van der Waals surface area contributed by atoms with Crippen molar-refractivity contribution >= 4 is 35.8 Å². The predicted octanol–water partition coefficient (Wildman–Crippen LogP) is 6.20. The second kappa shape index (κ2) is 11.3. The number of hydrogen-bond acceptors (Lipinski definition) is 2. The molecule has 3 heteroatoms. The van der Waals surface area contributed by atoms with Crippen molar-refractivity contribution in [2.75, 3.05) is 6.61 Å². The van der Waals surface area contributed by atoms with Crippen molar-refractivity contribution in [3.63, 3.8) is 0 Å². The zero-order chi connectivity index (χ0) is 22.0. The van der Waals surface area contributed by atoms with E-state index in [2.05, 4.69) is 79.7 Å². The maximum atomic E-state index is 6.18. The quantitative estimate of drug-likeness (QED) is 0.217. The Hall–Kier alpha value is -3.39. The van der Waals surface area contributed by atoms with Gasteiger partial charge < -0.3 is 0 Å². The molecule has 0 aliphatic rings. The first kappa shape index (κ1) is 21.8.